The molecule has 0 aromatic carbocycles. The summed E-state index contributed by atoms with van der Waals surface area (Å²) in [5.74, 6) is 0.806. The van der Waals surface area contributed by atoms with E-state index in [2.05, 4.69) is 6.58 Å². The fraction of sp³-hybridized carbons (Fsp3) is 0.600. The largest absolute Gasteiger partial charge is 0.365 e. The molecule has 0 spiro atoms. The Kier molecular flexibility index (Phi) is 7.69. The van der Waals surface area contributed by atoms with Gasteiger partial charge in [0.25, 0.3) is 0 Å². The van der Waals surface area contributed by atoms with Crippen molar-refractivity contribution < 1.29 is 9.84 Å². The third-order valence-corrected chi connectivity index (χ3v) is 3.17. The van der Waals surface area contributed by atoms with Gasteiger partial charge in [-0.3, -0.25) is 0 Å². The van der Waals surface area contributed by atoms with Gasteiger partial charge in [-0.25, -0.2) is 0 Å². The summed E-state index contributed by atoms with van der Waals surface area (Å²) in [6, 6.07) is 0. The number of ether oxygens (including phenoxy) is 1. The highest BCUT2D eigenvalue weighted by atomic mass is 16.6. The number of hydrogen-bond donors (Lipinski definition) is 1. The average molecular weight is 236 g/mol. The quantitative estimate of drug-likeness (QED) is 0.540. The van der Waals surface area contributed by atoms with Gasteiger partial charge < -0.3 is 9.84 Å². The lowest BCUT2D eigenvalue weighted by Crippen LogP contribution is -2.14. The van der Waals surface area contributed by atoms with Crippen LogP contribution in [0.4, 0.5) is 0 Å². The van der Waals surface area contributed by atoms with Gasteiger partial charge >= 0.3 is 0 Å². The first-order valence-corrected chi connectivity index (χ1v) is 6.58. The third-order valence-electron chi connectivity index (χ3n) is 3.17. The van der Waals surface area contributed by atoms with E-state index in [4.69, 9.17) is 4.74 Å². The first-order chi connectivity index (χ1) is 8.33. The minimum Gasteiger partial charge on any atom is -0.365 e. The van der Waals surface area contributed by atoms with Crippen molar-refractivity contribution in [2.45, 2.75) is 44.8 Å². The summed E-state index contributed by atoms with van der Waals surface area (Å²) in [6.07, 6.45) is 15.8. The summed E-state index contributed by atoms with van der Waals surface area (Å²) in [6.45, 7) is 4.22. The second kappa shape index (κ2) is 9.20. The lowest BCUT2D eigenvalue weighted by atomic mass is 9.87. The second-order valence-corrected chi connectivity index (χ2v) is 4.56. The van der Waals surface area contributed by atoms with Crippen LogP contribution in [0.2, 0.25) is 0 Å². The smallest absolute Gasteiger partial charge is 0.174 e. The van der Waals surface area contributed by atoms with Crippen LogP contribution >= 0.6 is 0 Å². The summed E-state index contributed by atoms with van der Waals surface area (Å²) < 4.78 is 5.33. The van der Waals surface area contributed by atoms with Crippen LogP contribution in [0.5, 0.6) is 0 Å². The van der Waals surface area contributed by atoms with Gasteiger partial charge in [0.05, 0.1) is 6.61 Å². The Morgan fingerprint density at radius 2 is 1.94 bits per heavy atom. The van der Waals surface area contributed by atoms with Crippen molar-refractivity contribution in [3.8, 4) is 0 Å². The normalized spacial score (nSPS) is 20.1. The zero-order valence-corrected chi connectivity index (χ0v) is 10.6. The molecule has 0 amide bonds. The van der Waals surface area contributed by atoms with Gasteiger partial charge in [-0.15, -0.1) is 0 Å². The Balaban J connectivity index is 2.06. The third kappa shape index (κ3) is 7.14. The Bertz CT molecular complexity index is 250. The van der Waals surface area contributed by atoms with Crippen LogP contribution in [0.1, 0.15) is 38.5 Å². The van der Waals surface area contributed by atoms with Gasteiger partial charge in [0.2, 0.25) is 0 Å². The number of hydrogen-bond acceptors (Lipinski definition) is 2. The molecule has 0 aromatic rings. The van der Waals surface area contributed by atoms with E-state index in [0.29, 0.717) is 6.61 Å². The molecule has 1 N–H and O–H groups in total. The predicted molar refractivity (Wildman–Crippen MR) is 71.6 cm³/mol. The molecule has 2 nitrogen and oxygen atoms in total. The SMILES string of the molecule is C=C/C=C\C=C\C(O)OCCC1CCCCC1. The second-order valence-electron chi connectivity index (χ2n) is 4.56. The highest BCUT2D eigenvalue weighted by Crippen LogP contribution is 2.26. The number of aliphatic hydroxyl groups excluding tert-OH is 1. The predicted octanol–water partition coefficient (Wildman–Crippen LogP) is 3.59. The van der Waals surface area contributed by atoms with Gasteiger partial charge in [-0.1, -0.05) is 63.0 Å². The van der Waals surface area contributed by atoms with Crippen molar-refractivity contribution in [3.05, 3.63) is 37.0 Å². The fourth-order valence-corrected chi connectivity index (χ4v) is 2.19. The van der Waals surface area contributed by atoms with E-state index >= 15 is 0 Å². The molecular formula is C15H24O2. The minimum absolute atomic E-state index is 0.654. The van der Waals surface area contributed by atoms with Gasteiger partial charge in [-0.2, -0.15) is 0 Å². The molecule has 1 aliphatic carbocycles. The van der Waals surface area contributed by atoms with Crippen molar-refractivity contribution in [1.29, 1.82) is 0 Å². The maximum Gasteiger partial charge on any atom is 0.174 e. The highest BCUT2D eigenvalue weighted by molar-refractivity contribution is 5.09. The van der Waals surface area contributed by atoms with Crippen LogP contribution < -0.4 is 0 Å². The van der Waals surface area contributed by atoms with Crippen LogP contribution in [-0.2, 0) is 4.74 Å². The zero-order valence-electron chi connectivity index (χ0n) is 10.6. The molecule has 1 rings (SSSR count). The summed E-state index contributed by atoms with van der Waals surface area (Å²) in [4.78, 5) is 0. The van der Waals surface area contributed by atoms with E-state index < -0.39 is 6.29 Å². The van der Waals surface area contributed by atoms with Gasteiger partial charge in [0.1, 0.15) is 0 Å². The molecule has 0 heterocycles. The number of rotatable bonds is 7. The molecule has 0 aliphatic heterocycles. The fourth-order valence-electron chi connectivity index (χ4n) is 2.19. The van der Waals surface area contributed by atoms with E-state index in [1.54, 1.807) is 18.2 Å². The number of aliphatic hydroxyl groups is 1. The van der Waals surface area contributed by atoms with Crippen molar-refractivity contribution >= 4 is 0 Å². The van der Waals surface area contributed by atoms with Gasteiger partial charge in [-0.05, 0) is 18.4 Å². The van der Waals surface area contributed by atoms with Gasteiger partial charge in [0, 0.05) is 0 Å². The lowest BCUT2D eigenvalue weighted by Gasteiger charge is -2.21. The Hall–Kier alpha value is -0.860. The molecule has 96 valence electrons. The molecule has 1 aliphatic rings. The molecule has 1 saturated carbocycles. The molecule has 2 heteroatoms. The van der Waals surface area contributed by atoms with Crippen LogP contribution in [0.15, 0.2) is 37.0 Å². The van der Waals surface area contributed by atoms with Crippen molar-refractivity contribution in [3.63, 3.8) is 0 Å². The molecule has 1 fully saturated rings. The minimum atomic E-state index is -0.784. The Labute approximate surface area is 105 Å². The Morgan fingerprint density at radius 3 is 2.65 bits per heavy atom. The summed E-state index contributed by atoms with van der Waals surface area (Å²) in [5, 5.41) is 9.51. The molecule has 1 unspecified atom stereocenters. The average Bonchev–Trinajstić information content (AvgIpc) is 2.36. The summed E-state index contributed by atoms with van der Waals surface area (Å²) >= 11 is 0. The number of allylic oxidation sites excluding steroid dienone is 4. The van der Waals surface area contributed by atoms with Crippen molar-refractivity contribution in [1.82, 2.24) is 0 Å². The van der Waals surface area contributed by atoms with E-state index in [-0.39, 0.29) is 0 Å². The molecule has 0 aromatic heterocycles. The summed E-state index contributed by atoms with van der Waals surface area (Å²) in [7, 11) is 0. The van der Waals surface area contributed by atoms with E-state index in [1.807, 2.05) is 12.2 Å². The molecule has 0 bridgehead atoms. The van der Waals surface area contributed by atoms with E-state index in [1.165, 1.54) is 32.1 Å². The monoisotopic (exact) mass is 236 g/mol. The topological polar surface area (TPSA) is 29.5 Å². The molecular weight excluding hydrogens is 212 g/mol. The maximum atomic E-state index is 9.51. The van der Waals surface area contributed by atoms with Crippen LogP contribution in [0.3, 0.4) is 0 Å². The highest BCUT2D eigenvalue weighted by Gasteiger charge is 2.13. The maximum absolute atomic E-state index is 9.51. The summed E-state index contributed by atoms with van der Waals surface area (Å²) in [5.41, 5.74) is 0. The zero-order chi connectivity index (χ0) is 12.3. The molecule has 0 saturated heterocycles. The first-order valence-electron chi connectivity index (χ1n) is 6.58. The molecule has 0 radical (unpaired) electrons. The van der Waals surface area contributed by atoms with Crippen molar-refractivity contribution in [2.24, 2.45) is 5.92 Å². The Morgan fingerprint density at radius 1 is 1.18 bits per heavy atom. The molecule has 17 heavy (non-hydrogen) atoms. The first kappa shape index (κ1) is 14.2. The standard InChI is InChI=1S/C15H24O2/c1-2-3-4-8-11-15(16)17-13-12-14-9-6-5-7-10-14/h2-4,8,11,14-16H,1,5-7,9-10,12-13H2/b4-3-,11-8+. The van der Waals surface area contributed by atoms with Crippen molar-refractivity contribution in [2.75, 3.05) is 6.61 Å². The van der Waals surface area contributed by atoms with E-state index in [0.717, 1.165) is 12.3 Å². The van der Waals surface area contributed by atoms with E-state index in [9.17, 15) is 5.11 Å². The molecule has 1 atom stereocenters. The van der Waals surface area contributed by atoms with Crippen LogP contribution in [0, 0.1) is 5.92 Å². The lowest BCUT2D eigenvalue weighted by molar-refractivity contribution is -0.0685. The van der Waals surface area contributed by atoms with Gasteiger partial charge in [0.15, 0.2) is 6.29 Å². The van der Waals surface area contributed by atoms with Crippen LogP contribution in [-0.4, -0.2) is 18.0 Å². The van der Waals surface area contributed by atoms with Crippen LogP contribution in [0.25, 0.3) is 0 Å².